The van der Waals surface area contributed by atoms with E-state index in [2.05, 4.69) is 10.3 Å². The smallest absolute Gasteiger partial charge is 0.345 e. The first-order valence-corrected chi connectivity index (χ1v) is 33.0. The fourth-order valence-corrected chi connectivity index (χ4v) is 15.5. The van der Waals surface area contributed by atoms with E-state index >= 15 is 9.13 Å². The number of fused-ring (bicyclic) bond motifs is 1. The zero-order valence-electron chi connectivity index (χ0n) is 52.1. The first kappa shape index (κ1) is 69.3. The van der Waals surface area contributed by atoms with E-state index in [9.17, 15) is 33.6 Å². The molecule has 2 aromatic heterocycles. The lowest BCUT2D eigenvalue weighted by Gasteiger charge is -2.46. The molecule has 29 heteroatoms. The summed E-state index contributed by atoms with van der Waals surface area (Å²) in [7, 11) is -10.4. The number of anilines is 1. The lowest BCUT2D eigenvalue weighted by atomic mass is 9.77. The van der Waals surface area contributed by atoms with Gasteiger partial charge in [0.05, 0.1) is 26.1 Å². The first-order chi connectivity index (χ1) is 45.0. The second kappa shape index (κ2) is 31.3. The minimum atomic E-state index is -5.29. The van der Waals surface area contributed by atoms with Crippen molar-refractivity contribution in [2.45, 2.75) is 129 Å². The maximum atomic E-state index is 16.1. The molecule has 12 atom stereocenters. The number of imidazole rings is 1. The number of aromatic nitrogens is 4. The van der Waals surface area contributed by atoms with Crippen LogP contribution in [0.15, 0.2) is 164 Å². The Morgan fingerprint density at radius 2 is 0.989 bits per heavy atom. The number of benzene rings is 5. The Hall–Kier alpha value is -9.04. The standard InChI is InChI=1S/C65H69N5O22P2/c1-40(71)80-35-52(84-41(2)72)55-57(86-43(4)74)58(87-44(5)75)60(89-46(7)77)64(91-55)92-94(79,82-34-48-25-15-9-16-26-48)39-93(78,81-33-47-23-13-8-14-24-47)83-36-53-56(85-42(3)73)59(88-45(6)76)63(90-53)70-38-68-54-61(66-37-67-62(54)70)69-65(49-27-17-10-18-28-49,50-29-19-11-20-30-50)51-31-21-12-22-32-51/h8-32,37-38,52-53,55-60,63-64H,33-36,39H2,1-7H3,(H,66,67,69)/t52-,53-,55?,56-,57?,58?,59-,60?,63-,64?,93?,94?/m1/s1. The van der Waals surface area contributed by atoms with Gasteiger partial charge in [-0.25, -0.2) is 15.0 Å². The van der Waals surface area contributed by atoms with Gasteiger partial charge in [-0.05, 0) is 27.8 Å². The molecule has 0 bridgehead atoms. The van der Waals surface area contributed by atoms with Crippen LogP contribution in [-0.4, -0.2) is 136 Å². The number of hydrogen-bond donors (Lipinski definition) is 1. The Morgan fingerprint density at radius 3 is 1.49 bits per heavy atom. The number of carbonyl (C=O) groups excluding carboxylic acids is 7. The van der Waals surface area contributed by atoms with Crippen molar-refractivity contribution >= 4 is 74.0 Å². The number of hydrogen-bond acceptors (Lipinski definition) is 26. The summed E-state index contributed by atoms with van der Waals surface area (Å²) < 4.78 is 111. The van der Waals surface area contributed by atoms with Gasteiger partial charge in [0.15, 0.2) is 65.7 Å². The Kier molecular flexibility index (Phi) is 23.0. The maximum absolute atomic E-state index is 16.1. The van der Waals surface area contributed by atoms with Crippen molar-refractivity contribution < 1.29 is 103 Å². The molecule has 2 saturated heterocycles. The van der Waals surface area contributed by atoms with Crippen LogP contribution in [0.1, 0.15) is 82.5 Å². The fourth-order valence-electron chi connectivity index (χ4n) is 10.9. The molecule has 1 N–H and O–H groups in total. The minimum absolute atomic E-state index is 0.149. The highest BCUT2D eigenvalue weighted by Crippen LogP contribution is 2.66. The van der Waals surface area contributed by atoms with Crippen LogP contribution in [0.25, 0.3) is 11.2 Å². The summed E-state index contributed by atoms with van der Waals surface area (Å²) in [6.45, 7) is 4.53. The minimum Gasteiger partial charge on any atom is -0.462 e. The van der Waals surface area contributed by atoms with Crippen molar-refractivity contribution in [3.63, 3.8) is 0 Å². The maximum Gasteiger partial charge on any atom is 0.345 e. The quantitative estimate of drug-likeness (QED) is 0.0207. The lowest BCUT2D eigenvalue weighted by Crippen LogP contribution is -2.65. The van der Waals surface area contributed by atoms with Gasteiger partial charge in [0.1, 0.15) is 30.7 Å². The number of rotatable bonds is 28. The molecule has 0 saturated carbocycles. The molecule has 0 amide bonds. The Morgan fingerprint density at radius 1 is 0.521 bits per heavy atom. The van der Waals surface area contributed by atoms with Gasteiger partial charge in [0, 0.05) is 48.5 Å². The summed E-state index contributed by atoms with van der Waals surface area (Å²) in [5.41, 5.74) is 2.67. The molecule has 0 spiro atoms. The predicted octanol–water partition coefficient (Wildman–Crippen LogP) is 8.82. The predicted molar refractivity (Wildman–Crippen MR) is 330 cm³/mol. The van der Waals surface area contributed by atoms with Crippen molar-refractivity contribution in [1.29, 1.82) is 0 Å². The fraction of sp³-hybridized carbons (Fsp3) is 0.354. The molecule has 9 rings (SSSR count). The monoisotopic (exact) mass is 1330 g/mol. The Labute approximate surface area is 539 Å². The van der Waals surface area contributed by atoms with Gasteiger partial charge in [-0.2, -0.15) is 0 Å². The van der Waals surface area contributed by atoms with Gasteiger partial charge in [-0.3, -0.25) is 51.8 Å². The average molecular weight is 1330 g/mol. The summed E-state index contributed by atoms with van der Waals surface area (Å²) in [5.74, 6) is -7.69. The van der Waals surface area contributed by atoms with Crippen molar-refractivity contribution in [3.8, 4) is 0 Å². The molecular formula is C65H69N5O22P2. The summed E-state index contributed by atoms with van der Waals surface area (Å²) in [6.07, 6.45) is -15.0. The molecule has 2 fully saturated rings. The molecule has 0 aliphatic carbocycles. The van der Waals surface area contributed by atoms with Crippen LogP contribution in [0.5, 0.6) is 0 Å². The van der Waals surface area contributed by atoms with Gasteiger partial charge in [0.2, 0.25) is 6.29 Å². The molecule has 0 radical (unpaired) electrons. The summed E-state index contributed by atoms with van der Waals surface area (Å²) >= 11 is 0. The molecular weight excluding hydrogens is 1260 g/mol. The molecule has 496 valence electrons. The lowest BCUT2D eigenvalue weighted by molar-refractivity contribution is -0.300. The van der Waals surface area contributed by atoms with E-state index in [-0.39, 0.29) is 17.0 Å². The van der Waals surface area contributed by atoms with Crippen molar-refractivity contribution in [2.24, 2.45) is 0 Å². The average Bonchev–Trinajstić information content (AvgIpc) is 1.23. The van der Waals surface area contributed by atoms with Crippen molar-refractivity contribution in [3.05, 3.63) is 192 Å². The molecule has 2 aliphatic heterocycles. The van der Waals surface area contributed by atoms with E-state index in [1.165, 1.54) is 17.2 Å². The van der Waals surface area contributed by atoms with E-state index in [0.717, 1.165) is 65.2 Å². The largest absolute Gasteiger partial charge is 0.462 e. The third kappa shape index (κ3) is 17.4. The highest BCUT2D eigenvalue weighted by atomic mass is 31.2. The van der Waals surface area contributed by atoms with Crippen LogP contribution in [0, 0.1) is 0 Å². The normalized spacial score (nSPS) is 21.8. The first-order valence-electron chi connectivity index (χ1n) is 29.5. The van der Waals surface area contributed by atoms with E-state index in [1.54, 1.807) is 60.7 Å². The second-order valence-electron chi connectivity index (χ2n) is 21.7. The zero-order chi connectivity index (χ0) is 67.2. The van der Waals surface area contributed by atoms with Crippen molar-refractivity contribution in [1.82, 2.24) is 19.5 Å². The molecule has 2 aliphatic rings. The summed E-state index contributed by atoms with van der Waals surface area (Å²) in [4.78, 5) is 104. The third-order valence-corrected chi connectivity index (χ3v) is 19.5. The second-order valence-corrected chi connectivity index (χ2v) is 26.2. The zero-order valence-corrected chi connectivity index (χ0v) is 53.9. The number of nitrogens with zero attached hydrogens (tertiary/aromatic N) is 4. The van der Waals surface area contributed by atoms with E-state index < -0.39 is 156 Å². The van der Waals surface area contributed by atoms with Crippen molar-refractivity contribution in [2.75, 3.05) is 24.4 Å². The highest BCUT2D eigenvalue weighted by Gasteiger charge is 2.58. The van der Waals surface area contributed by atoms with Crippen LogP contribution in [0.4, 0.5) is 5.82 Å². The number of nitrogens with one attached hydrogen (secondary N) is 1. The Bertz CT molecular complexity index is 3780. The van der Waals surface area contributed by atoms with Gasteiger partial charge < -0.3 is 61.5 Å². The van der Waals surface area contributed by atoms with E-state index in [4.69, 9.17) is 70.7 Å². The third-order valence-electron chi connectivity index (χ3n) is 14.6. The number of carbonyl (C=O) groups is 7. The van der Waals surface area contributed by atoms with Gasteiger partial charge in [-0.15, -0.1) is 0 Å². The molecule has 4 heterocycles. The Balaban J connectivity index is 1.11. The molecule has 7 unspecified atom stereocenters. The molecule has 94 heavy (non-hydrogen) atoms. The molecule has 5 aromatic carbocycles. The van der Waals surface area contributed by atoms with Crippen LogP contribution >= 0.6 is 15.2 Å². The molecule has 7 aromatic rings. The summed E-state index contributed by atoms with van der Waals surface area (Å²) in [6, 6.07) is 45.7. The van der Waals surface area contributed by atoms with Gasteiger partial charge in [-0.1, -0.05) is 152 Å². The van der Waals surface area contributed by atoms with Gasteiger partial charge >= 0.3 is 57.0 Å². The number of ether oxygens (including phenoxy) is 9. The SMILES string of the molecule is CC(=O)OC[C@@H](OC(C)=O)C1OC(OP(=O)(CP(=O)(OCc2ccccc2)OC[C@H]2O[C@@H](n3cnc4c(NC(c5ccccc5)(c5ccccc5)c5ccccc5)ncnc43)[C@H](OC(C)=O)[C@@H]2OC(C)=O)OCc2ccccc2)C(OC(C)=O)C(OC(C)=O)C1OC(C)=O. The van der Waals surface area contributed by atoms with Crippen LogP contribution < -0.4 is 5.32 Å². The topological polar surface area (TPSA) is 329 Å². The molecule has 27 nitrogen and oxygen atoms in total. The number of esters is 7. The van der Waals surface area contributed by atoms with Crippen LogP contribution in [-0.2, 0) is 122 Å². The highest BCUT2D eigenvalue weighted by molar-refractivity contribution is 7.71. The van der Waals surface area contributed by atoms with E-state index in [1.807, 2.05) is 91.0 Å². The van der Waals surface area contributed by atoms with Gasteiger partial charge in [0.25, 0.3) is 0 Å². The summed E-state index contributed by atoms with van der Waals surface area (Å²) in [5, 5.41) is 3.72. The van der Waals surface area contributed by atoms with Crippen LogP contribution in [0.2, 0.25) is 0 Å². The van der Waals surface area contributed by atoms with E-state index in [0.29, 0.717) is 11.1 Å². The van der Waals surface area contributed by atoms with Crippen LogP contribution in [0.3, 0.4) is 0 Å².